The second-order valence-electron chi connectivity index (χ2n) is 4.76. The average Bonchev–Trinajstić information content (AvgIpc) is 3.20. The Kier molecular flexibility index (Phi) is 7.86. The van der Waals surface area contributed by atoms with Gasteiger partial charge in [-0.3, -0.25) is 9.69 Å². The van der Waals surface area contributed by atoms with Gasteiger partial charge in [-0.15, -0.1) is 36.2 Å². The van der Waals surface area contributed by atoms with Crippen LogP contribution in [0.15, 0.2) is 16.1 Å². The third kappa shape index (κ3) is 4.85. The van der Waals surface area contributed by atoms with Crippen LogP contribution in [0.25, 0.3) is 0 Å². The van der Waals surface area contributed by atoms with Crippen molar-refractivity contribution < 1.29 is 9.32 Å². The molecule has 0 radical (unpaired) electrons. The minimum atomic E-state index is -0.186. The maximum Gasteiger partial charge on any atom is 0.243 e. The van der Waals surface area contributed by atoms with Gasteiger partial charge in [-0.2, -0.15) is 4.98 Å². The summed E-state index contributed by atoms with van der Waals surface area (Å²) in [7, 11) is 0. The highest BCUT2D eigenvalue weighted by Gasteiger charge is 2.31. The van der Waals surface area contributed by atoms with E-state index in [1.807, 2.05) is 10.3 Å². The topological polar surface area (TPSA) is 110 Å². The van der Waals surface area contributed by atoms with E-state index in [-0.39, 0.29) is 43.3 Å². The molecule has 3 rings (SSSR count). The molecule has 11 heteroatoms. The normalized spacial score (nSPS) is 17.3. The Morgan fingerprint density at radius 3 is 3.00 bits per heavy atom. The number of rotatable bonds is 5. The maximum absolute atomic E-state index is 12.3. The van der Waals surface area contributed by atoms with Gasteiger partial charge in [0.2, 0.25) is 11.8 Å². The first kappa shape index (κ1) is 19.8. The van der Waals surface area contributed by atoms with Gasteiger partial charge in [0, 0.05) is 11.6 Å². The van der Waals surface area contributed by atoms with Crippen LogP contribution < -0.4 is 11.1 Å². The minimum Gasteiger partial charge on any atom is -0.338 e. The molecule has 0 aromatic carbocycles. The van der Waals surface area contributed by atoms with Crippen molar-refractivity contribution >= 4 is 47.2 Å². The number of carbonyl (C=O) groups is 1. The number of halogens is 2. The lowest BCUT2D eigenvalue weighted by Gasteiger charge is -2.21. The third-order valence-corrected chi connectivity index (χ3v) is 4.05. The fourth-order valence-corrected chi connectivity index (χ4v) is 2.94. The van der Waals surface area contributed by atoms with E-state index < -0.39 is 0 Å². The van der Waals surface area contributed by atoms with Gasteiger partial charge in [0.25, 0.3) is 0 Å². The number of carbonyl (C=O) groups excluding carboxylic acids is 1. The zero-order valence-electron chi connectivity index (χ0n) is 12.2. The van der Waals surface area contributed by atoms with Crippen LogP contribution in [0.4, 0.5) is 5.13 Å². The Hall–Kier alpha value is -1.26. The summed E-state index contributed by atoms with van der Waals surface area (Å²) in [6.45, 7) is 1.54. The van der Waals surface area contributed by atoms with Crippen molar-refractivity contribution in [2.75, 3.05) is 11.9 Å². The molecule has 23 heavy (non-hydrogen) atoms. The Morgan fingerprint density at radius 2 is 2.35 bits per heavy atom. The zero-order chi connectivity index (χ0) is 14.7. The van der Waals surface area contributed by atoms with E-state index in [1.165, 1.54) is 11.3 Å². The highest BCUT2D eigenvalue weighted by Crippen LogP contribution is 2.21. The number of hydrogen-bond donors (Lipinski definition) is 2. The lowest BCUT2D eigenvalue weighted by Crippen LogP contribution is -2.39. The molecule has 1 aliphatic heterocycles. The number of anilines is 1. The van der Waals surface area contributed by atoms with E-state index in [1.54, 1.807) is 6.20 Å². The van der Waals surface area contributed by atoms with Crippen LogP contribution in [-0.2, 0) is 17.9 Å². The van der Waals surface area contributed by atoms with Crippen LogP contribution in [0.5, 0.6) is 0 Å². The molecule has 0 saturated carbocycles. The Bertz CT molecular complexity index is 608. The molecule has 8 nitrogen and oxygen atoms in total. The highest BCUT2D eigenvalue weighted by molar-refractivity contribution is 7.13. The van der Waals surface area contributed by atoms with E-state index in [4.69, 9.17) is 10.3 Å². The molecular formula is C12H18Cl2N6O2S. The number of aromatic nitrogens is 3. The number of likely N-dealkylation sites (tertiary alicyclic amines) is 1. The summed E-state index contributed by atoms with van der Waals surface area (Å²) in [6.07, 6.45) is 3.46. The molecule has 2 aromatic rings. The summed E-state index contributed by atoms with van der Waals surface area (Å²) in [5, 5.41) is 9.16. The van der Waals surface area contributed by atoms with E-state index >= 15 is 0 Å². The molecule has 0 aliphatic carbocycles. The second-order valence-corrected chi connectivity index (χ2v) is 5.66. The Morgan fingerprint density at radius 1 is 1.52 bits per heavy atom. The van der Waals surface area contributed by atoms with Gasteiger partial charge < -0.3 is 15.6 Å². The number of hydrogen-bond acceptors (Lipinski definition) is 8. The van der Waals surface area contributed by atoms with Crippen molar-refractivity contribution in [1.29, 1.82) is 0 Å². The first-order valence-electron chi connectivity index (χ1n) is 6.72. The van der Waals surface area contributed by atoms with Gasteiger partial charge in [-0.1, -0.05) is 5.16 Å². The van der Waals surface area contributed by atoms with Crippen LogP contribution in [0.1, 0.15) is 24.6 Å². The first-order valence-corrected chi connectivity index (χ1v) is 7.60. The lowest BCUT2D eigenvalue weighted by molar-refractivity contribution is -0.120. The number of nitrogens with one attached hydrogen (secondary N) is 1. The minimum absolute atomic E-state index is 0. The summed E-state index contributed by atoms with van der Waals surface area (Å²) in [5.41, 5.74) is 5.44. The van der Waals surface area contributed by atoms with E-state index in [9.17, 15) is 4.79 Å². The van der Waals surface area contributed by atoms with Crippen molar-refractivity contribution in [3.05, 3.63) is 23.3 Å². The first-order chi connectivity index (χ1) is 10.3. The summed E-state index contributed by atoms with van der Waals surface area (Å²) in [4.78, 5) is 22.6. The van der Waals surface area contributed by atoms with Crippen LogP contribution in [0.3, 0.4) is 0 Å². The van der Waals surface area contributed by atoms with E-state index in [0.717, 1.165) is 19.4 Å². The number of amides is 1. The Labute approximate surface area is 149 Å². The standard InChI is InChI=1S/C12H16N6O2S.2ClH/c13-6-10-15-9(17-20-10)7-18-4-1-2-8(18)11(19)16-12-14-3-5-21-12;;/h3,5,8H,1-2,4,6-7,13H2,(H,14,16,19);2*1H. The predicted octanol–water partition coefficient (Wildman–Crippen LogP) is 1.43. The summed E-state index contributed by atoms with van der Waals surface area (Å²) in [6, 6.07) is -0.186. The molecule has 3 N–H and O–H groups in total. The zero-order valence-corrected chi connectivity index (χ0v) is 14.6. The molecule has 0 spiro atoms. The highest BCUT2D eigenvalue weighted by atomic mass is 35.5. The van der Waals surface area contributed by atoms with Crippen molar-refractivity contribution in [2.24, 2.45) is 5.73 Å². The SMILES string of the molecule is Cl.Cl.NCc1nc(CN2CCCC2C(=O)Nc2nccs2)no1. The maximum atomic E-state index is 12.3. The van der Waals surface area contributed by atoms with Gasteiger partial charge in [-0.05, 0) is 19.4 Å². The number of nitrogens with zero attached hydrogens (tertiary/aromatic N) is 4. The number of nitrogens with two attached hydrogens (primary N) is 1. The largest absolute Gasteiger partial charge is 0.338 e. The van der Waals surface area contributed by atoms with Gasteiger partial charge in [-0.25, -0.2) is 4.98 Å². The summed E-state index contributed by atoms with van der Waals surface area (Å²) in [5.74, 6) is 0.933. The quantitative estimate of drug-likeness (QED) is 0.806. The number of thiazole rings is 1. The molecule has 1 atom stereocenters. The average molecular weight is 381 g/mol. The predicted molar refractivity (Wildman–Crippen MR) is 90.9 cm³/mol. The van der Waals surface area contributed by atoms with Crippen LogP contribution in [-0.4, -0.2) is 38.5 Å². The van der Waals surface area contributed by atoms with Crippen LogP contribution in [0.2, 0.25) is 0 Å². The van der Waals surface area contributed by atoms with Crippen LogP contribution in [0, 0.1) is 0 Å². The smallest absolute Gasteiger partial charge is 0.243 e. The second kappa shape index (κ2) is 9.14. The van der Waals surface area contributed by atoms with Gasteiger partial charge in [0.1, 0.15) is 0 Å². The molecule has 1 aliphatic rings. The molecule has 3 heterocycles. The molecule has 1 fully saturated rings. The van der Waals surface area contributed by atoms with Gasteiger partial charge in [0.05, 0.1) is 19.1 Å². The van der Waals surface area contributed by atoms with Gasteiger partial charge in [0.15, 0.2) is 11.0 Å². The van der Waals surface area contributed by atoms with Crippen molar-refractivity contribution in [1.82, 2.24) is 20.0 Å². The summed E-state index contributed by atoms with van der Waals surface area (Å²) < 4.78 is 4.98. The fraction of sp³-hybridized carbons (Fsp3) is 0.500. The van der Waals surface area contributed by atoms with Crippen LogP contribution >= 0.6 is 36.2 Å². The van der Waals surface area contributed by atoms with E-state index in [0.29, 0.717) is 23.4 Å². The van der Waals surface area contributed by atoms with E-state index in [2.05, 4.69) is 20.4 Å². The lowest BCUT2D eigenvalue weighted by atomic mass is 10.2. The van der Waals surface area contributed by atoms with Crippen molar-refractivity contribution in [2.45, 2.75) is 32.0 Å². The fourth-order valence-electron chi connectivity index (χ4n) is 2.41. The molecule has 1 saturated heterocycles. The Balaban J connectivity index is 0.00000132. The summed E-state index contributed by atoms with van der Waals surface area (Å²) >= 11 is 1.41. The molecule has 0 bridgehead atoms. The van der Waals surface area contributed by atoms with Gasteiger partial charge >= 0.3 is 0 Å². The molecule has 1 unspecified atom stereocenters. The monoisotopic (exact) mass is 380 g/mol. The molecule has 2 aromatic heterocycles. The molecular weight excluding hydrogens is 363 g/mol. The third-order valence-electron chi connectivity index (χ3n) is 3.36. The molecule has 1 amide bonds. The van der Waals surface area contributed by atoms with Crippen molar-refractivity contribution in [3.8, 4) is 0 Å². The molecule has 128 valence electrons. The van der Waals surface area contributed by atoms with Crippen molar-refractivity contribution in [3.63, 3.8) is 0 Å².